The summed E-state index contributed by atoms with van der Waals surface area (Å²) in [6, 6.07) is 7.19. The van der Waals surface area contributed by atoms with Crippen molar-refractivity contribution < 1.29 is 28.6 Å². The molecule has 0 fully saturated rings. The molecule has 1 amide bonds. The second kappa shape index (κ2) is 9.00. The van der Waals surface area contributed by atoms with E-state index < -0.39 is 17.8 Å². The first kappa shape index (κ1) is 20.2. The lowest BCUT2D eigenvalue weighted by atomic mass is 10.1. The van der Waals surface area contributed by atoms with Crippen LogP contribution in [0.15, 0.2) is 30.3 Å². The molecule has 1 aromatic carbocycles. The van der Waals surface area contributed by atoms with Crippen molar-refractivity contribution in [3.05, 3.63) is 51.9 Å². The van der Waals surface area contributed by atoms with Crippen molar-refractivity contribution in [3.8, 4) is 5.75 Å². The number of benzene rings is 1. The molecular formula is C19H19NO6S. The largest absolute Gasteiger partial charge is 0.497 e. The van der Waals surface area contributed by atoms with Gasteiger partial charge in [0, 0.05) is 6.08 Å². The van der Waals surface area contributed by atoms with Gasteiger partial charge in [0.15, 0.2) is 0 Å². The molecule has 27 heavy (non-hydrogen) atoms. The van der Waals surface area contributed by atoms with Crippen molar-refractivity contribution in [2.45, 2.75) is 6.92 Å². The number of methoxy groups -OCH3 is 3. The van der Waals surface area contributed by atoms with Crippen LogP contribution in [-0.4, -0.2) is 39.2 Å². The predicted molar refractivity (Wildman–Crippen MR) is 102 cm³/mol. The van der Waals surface area contributed by atoms with E-state index in [1.807, 2.05) is 6.07 Å². The molecule has 142 valence electrons. The number of carbonyl (C=O) groups excluding carboxylic acids is 3. The van der Waals surface area contributed by atoms with Gasteiger partial charge in [0.1, 0.15) is 15.6 Å². The van der Waals surface area contributed by atoms with Crippen molar-refractivity contribution in [2.24, 2.45) is 0 Å². The van der Waals surface area contributed by atoms with Crippen LogP contribution >= 0.6 is 11.3 Å². The first-order chi connectivity index (χ1) is 12.9. The maximum absolute atomic E-state index is 12.3. The van der Waals surface area contributed by atoms with E-state index in [4.69, 9.17) is 14.2 Å². The van der Waals surface area contributed by atoms with Crippen LogP contribution in [0.3, 0.4) is 0 Å². The number of carbonyl (C=O) groups is 3. The molecule has 8 heteroatoms. The molecule has 0 aliphatic heterocycles. The highest BCUT2D eigenvalue weighted by Crippen LogP contribution is 2.34. The highest BCUT2D eigenvalue weighted by atomic mass is 32.1. The Hall–Kier alpha value is -3.13. The predicted octanol–water partition coefficient (Wildman–Crippen LogP) is 3.29. The molecule has 1 aromatic heterocycles. The first-order valence-electron chi connectivity index (χ1n) is 7.84. The van der Waals surface area contributed by atoms with Gasteiger partial charge >= 0.3 is 11.9 Å². The first-order valence-corrected chi connectivity index (χ1v) is 8.66. The molecule has 0 saturated heterocycles. The van der Waals surface area contributed by atoms with Gasteiger partial charge in [-0.15, -0.1) is 11.3 Å². The van der Waals surface area contributed by atoms with Gasteiger partial charge in [0.2, 0.25) is 5.91 Å². The average Bonchev–Trinajstić information content (AvgIpc) is 3.01. The minimum atomic E-state index is -0.647. The van der Waals surface area contributed by atoms with Crippen molar-refractivity contribution in [1.29, 1.82) is 0 Å². The second-order valence-electron chi connectivity index (χ2n) is 5.34. The summed E-state index contributed by atoms with van der Waals surface area (Å²) < 4.78 is 14.6. The van der Waals surface area contributed by atoms with Crippen molar-refractivity contribution in [3.63, 3.8) is 0 Å². The van der Waals surface area contributed by atoms with Crippen LogP contribution in [0.2, 0.25) is 0 Å². The number of anilines is 1. The Balaban J connectivity index is 2.27. The van der Waals surface area contributed by atoms with Crippen LogP contribution in [0, 0.1) is 6.92 Å². The number of nitrogens with one attached hydrogen (secondary N) is 1. The van der Waals surface area contributed by atoms with Crippen molar-refractivity contribution in [1.82, 2.24) is 0 Å². The van der Waals surface area contributed by atoms with Crippen LogP contribution < -0.4 is 10.1 Å². The van der Waals surface area contributed by atoms with E-state index in [2.05, 4.69) is 5.32 Å². The maximum Gasteiger partial charge on any atom is 0.348 e. The van der Waals surface area contributed by atoms with Gasteiger partial charge in [0.05, 0.1) is 26.9 Å². The Morgan fingerprint density at radius 3 is 2.41 bits per heavy atom. The molecular weight excluding hydrogens is 370 g/mol. The molecule has 7 nitrogen and oxygen atoms in total. The summed E-state index contributed by atoms with van der Waals surface area (Å²) in [7, 11) is 4.03. The molecule has 2 aromatic rings. The summed E-state index contributed by atoms with van der Waals surface area (Å²) >= 11 is 0.957. The van der Waals surface area contributed by atoms with Gasteiger partial charge in [-0.3, -0.25) is 4.79 Å². The zero-order valence-electron chi connectivity index (χ0n) is 15.3. The number of rotatable bonds is 6. The third-order valence-corrected chi connectivity index (χ3v) is 4.85. The van der Waals surface area contributed by atoms with E-state index in [9.17, 15) is 14.4 Å². The minimum absolute atomic E-state index is 0.131. The normalized spacial score (nSPS) is 10.5. The smallest absolute Gasteiger partial charge is 0.348 e. The van der Waals surface area contributed by atoms with Gasteiger partial charge in [-0.2, -0.15) is 0 Å². The molecule has 0 aliphatic carbocycles. The molecule has 1 N–H and O–H groups in total. The molecule has 0 radical (unpaired) electrons. The number of esters is 2. The fourth-order valence-electron chi connectivity index (χ4n) is 2.31. The molecule has 1 heterocycles. The highest BCUT2D eigenvalue weighted by Gasteiger charge is 2.26. The highest BCUT2D eigenvalue weighted by molar-refractivity contribution is 7.18. The van der Waals surface area contributed by atoms with Gasteiger partial charge in [0.25, 0.3) is 0 Å². The number of thiophene rings is 1. The quantitative estimate of drug-likeness (QED) is 0.602. The number of amides is 1. The topological polar surface area (TPSA) is 90.9 Å². The van der Waals surface area contributed by atoms with Gasteiger partial charge in [-0.05, 0) is 36.3 Å². The van der Waals surface area contributed by atoms with Crippen LogP contribution in [0.4, 0.5) is 5.00 Å². The summed E-state index contributed by atoms with van der Waals surface area (Å²) in [6.07, 6.45) is 2.93. The fourth-order valence-corrected chi connectivity index (χ4v) is 3.42. The van der Waals surface area contributed by atoms with E-state index in [0.717, 1.165) is 16.9 Å². The Morgan fingerprint density at radius 1 is 1.07 bits per heavy atom. The summed E-state index contributed by atoms with van der Waals surface area (Å²) in [5.74, 6) is -1.02. The molecule has 0 bridgehead atoms. The van der Waals surface area contributed by atoms with Gasteiger partial charge < -0.3 is 19.5 Å². The third-order valence-electron chi connectivity index (χ3n) is 3.66. The van der Waals surface area contributed by atoms with Crippen LogP contribution in [0.1, 0.15) is 31.2 Å². The van der Waals surface area contributed by atoms with Gasteiger partial charge in [-0.25, -0.2) is 9.59 Å². The molecule has 0 unspecified atom stereocenters. The fraction of sp³-hybridized carbons (Fsp3) is 0.211. The lowest BCUT2D eigenvalue weighted by molar-refractivity contribution is -0.111. The maximum atomic E-state index is 12.3. The second-order valence-corrected chi connectivity index (χ2v) is 6.36. The van der Waals surface area contributed by atoms with Crippen LogP contribution in [0.25, 0.3) is 6.08 Å². The number of hydrogen-bond donors (Lipinski definition) is 1. The summed E-state index contributed by atoms with van der Waals surface area (Å²) in [4.78, 5) is 36.4. The Kier molecular flexibility index (Phi) is 6.73. The van der Waals surface area contributed by atoms with Crippen LogP contribution in [0.5, 0.6) is 5.75 Å². The Bertz CT molecular complexity index is 900. The monoisotopic (exact) mass is 389 g/mol. The Labute approximate surface area is 160 Å². The van der Waals surface area contributed by atoms with Crippen LogP contribution in [-0.2, 0) is 14.3 Å². The van der Waals surface area contributed by atoms with Gasteiger partial charge in [-0.1, -0.05) is 12.1 Å². The molecule has 0 aliphatic rings. The summed E-state index contributed by atoms with van der Waals surface area (Å²) in [6.45, 7) is 1.59. The summed E-state index contributed by atoms with van der Waals surface area (Å²) in [5, 5.41) is 2.84. The van der Waals surface area contributed by atoms with E-state index in [-0.39, 0.29) is 15.4 Å². The number of ether oxygens (including phenoxy) is 3. The molecule has 0 spiro atoms. The molecule has 0 atom stereocenters. The van der Waals surface area contributed by atoms with E-state index >= 15 is 0 Å². The van der Waals surface area contributed by atoms with Crippen molar-refractivity contribution >= 4 is 40.3 Å². The Morgan fingerprint density at radius 2 is 1.78 bits per heavy atom. The van der Waals surface area contributed by atoms with Crippen molar-refractivity contribution in [2.75, 3.05) is 26.6 Å². The number of hydrogen-bond acceptors (Lipinski definition) is 7. The molecule has 0 saturated carbocycles. The zero-order valence-corrected chi connectivity index (χ0v) is 16.1. The zero-order chi connectivity index (χ0) is 20.0. The third kappa shape index (κ3) is 4.73. The standard InChI is InChI=1S/C19H19NO6S/c1-11-15(18(22)25-3)17(27-16(11)19(23)26-4)20-14(21)9-8-12-6-5-7-13(10-12)24-2/h5-10H,1-4H3,(H,20,21)/b9-8+. The lowest BCUT2D eigenvalue weighted by Crippen LogP contribution is -2.11. The van der Waals surface area contributed by atoms with E-state index in [1.165, 1.54) is 20.3 Å². The summed E-state index contributed by atoms with van der Waals surface area (Å²) in [5.41, 5.74) is 1.30. The SMILES string of the molecule is COC(=O)c1sc(NC(=O)/C=C/c2cccc(OC)c2)c(C(=O)OC)c1C. The lowest BCUT2D eigenvalue weighted by Gasteiger charge is -2.04. The van der Waals surface area contributed by atoms with E-state index in [1.54, 1.807) is 38.3 Å². The average molecular weight is 389 g/mol. The molecule has 2 rings (SSSR count). The van der Waals surface area contributed by atoms with E-state index in [0.29, 0.717) is 11.3 Å². The minimum Gasteiger partial charge on any atom is -0.497 e.